The van der Waals surface area contributed by atoms with Crippen LogP contribution in [0.4, 0.5) is 0 Å². The Balaban J connectivity index is 2.46. The van der Waals surface area contributed by atoms with Crippen LogP contribution in [0.1, 0.15) is 37.8 Å². The average Bonchev–Trinajstić information content (AvgIpc) is 2.68. The fraction of sp³-hybridized carbons (Fsp3) is 0.562. The van der Waals surface area contributed by atoms with Gasteiger partial charge in [0.1, 0.15) is 0 Å². The number of hydrogen-bond donors (Lipinski definition) is 0. The molecule has 1 aliphatic heterocycles. The summed E-state index contributed by atoms with van der Waals surface area (Å²) >= 11 is 0. The molecule has 3 nitrogen and oxygen atoms in total. The SMILES string of the molecule is CCC(=O)O[C@@]1(c2ccccc2C)CCN(C)[C@@H]1C. The molecule has 1 aromatic rings. The van der Waals surface area contributed by atoms with Crippen LogP contribution in [0.3, 0.4) is 0 Å². The van der Waals surface area contributed by atoms with Crippen LogP contribution in [0.25, 0.3) is 0 Å². The van der Waals surface area contributed by atoms with Gasteiger partial charge in [-0.2, -0.15) is 0 Å². The number of ether oxygens (including phenoxy) is 1. The monoisotopic (exact) mass is 261 g/mol. The number of esters is 1. The molecule has 3 heteroatoms. The van der Waals surface area contributed by atoms with Gasteiger partial charge in [0.15, 0.2) is 5.60 Å². The van der Waals surface area contributed by atoms with Gasteiger partial charge in [-0.1, -0.05) is 31.2 Å². The average molecular weight is 261 g/mol. The lowest BCUT2D eigenvalue weighted by atomic mass is 9.84. The van der Waals surface area contributed by atoms with E-state index in [-0.39, 0.29) is 12.0 Å². The Hall–Kier alpha value is -1.35. The summed E-state index contributed by atoms with van der Waals surface area (Å²) in [6.45, 7) is 7.02. The summed E-state index contributed by atoms with van der Waals surface area (Å²) in [5, 5.41) is 0. The number of carbonyl (C=O) groups is 1. The van der Waals surface area contributed by atoms with Crippen molar-refractivity contribution in [3.8, 4) is 0 Å². The van der Waals surface area contributed by atoms with Gasteiger partial charge in [0.05, 0.1) is 6.04 Å². The van der Waals surface area contributed by atoms with Crippen molar-refractivity contribution in [3.63, 3.8) is 0 Å². The van der Waals surface area contributed by atoms with Gasteiger partial charge < -0.3 is 4.74 Å². The second-order valence-electron chi connectivity index (χ2n) is 5.44. The molecule has 0 bridgehead atoms. The van der Waals surface area contributed by atoms with Crippen LogP contribution < -0.4 is 0 Å². The van der Waals surface area contributed by atoms with Crippen molar-refractivity contribution in [1.82, 2.24) is 4.90 Å². The number of rotatable bonds is 3. The van der Waals surface area contributed by atoms with Crippen LogP contribution in [0.15, 0.2) is 24.3 Å². The zero-order valence-corrected chi connectivity index (χ0v) is 12.3. The van der Waals surface area contributed by atoms with Gasteiger partial charge in [0.25, 0.3) is 0 Å². The Labute approximate surface area is 115 Å². The summed E-state index contributed by atoms with van der Waals surface area (Å²) in [7, 11) is 2.09. The third-order valence-electron chi connectivity index (χ3n) is 4.36. The van der Waals surface area contributed by atoms with Gasteiger partial charge in [0.2, 0.25) is 0 Å². The maximum absolute atomic E-state index is 11.9. The molecule has 2 atom stereocenters. The van der Waals surface area contributed by atoms with Gasteiger partial charge in [-0.3, -0.25) is 9.69 Å². The number of aryl methyl sites for hydroxylation is 1. The first-order valence-corrected chi connectivity index (χ1v) is 6.99. The summed E-state index contributed by atoms with van der Waals surface area (Å²) < 4.78 is 5.92. The number of nitrogens with zero attached hydrogens (tertiary/aromatic N) is 1. The summed E-state index contributed by atoms with van der Waals surface area (Å²) in [5.74, 6) is -0.120. The number of hydrogen-bond acceptors (Lipinski definition) is 3. The summed E-state index contributed by atoms with van der Waals surface area (Å²) in [4.78, 5) is 14.1. The van der Waals surface area contributed by atoms with Gasteiger partial charge in [-0.25, -0.2) is 0 Å². The zero-order valence-electron chi connectivity index (χ0n) is 12.3. The predicted molar refractivity (Wildman–Crippen MR) is 75.9 cm³/mol. The third-order valence-corrected chi connectivity index (χ3v) is 4.36. The molecule has 1 saturated heterocycles. The Morgan fingerprint density at radius 3 is 2.68 bits per heavy atom. The van der Waals surface area contributed by atoms with Gasteiger partial charge >= 0.3 is 5.97 Å². The molecule has 0 amide bonds. The molecule has 0 saturated carbocycles. The van der Waals surface area contributed by atoms with Crippen molar-refractivity contribution >= 4 is 5.97 Å². The highest BCUT2D eigenvalue weighted by atomic mass is 16.6. The molecule has 19 heavy (non-hydrogen) atoms. The van der Waals surface area contributed by atoms with E-state index in [9.17, 15) is 4.79 Å². The highest BCUT2D eigenvalue weighted by molar-refractivity contribution is 5.70. The first kappa shape index (κ1) is 14.1. The number of likely N-dealkylation sites (N-methyl/N-ethyl adjacent to an activating group) is 1. The van der Waals surface area contributed by atoms with Crippen molar-refractivity contribution in [2.75, 3.05) is 13.6 Å². The molecule has 2 rings (SSSR count). The minimum absolute atomic E-state index is 0.120. The van der Waals surface area contributed by atoms with E-state index >= 15 is 0 Å². The lowest BCUT2D eigenvalue weighted by Gasteiger charge is -2.36. The van der Waals surface area contributed by atoms with Gasteiger partial charge in [-0.05, 0) is 26.5 Å². The van der Waals surface area contributed by atoms with E-state index in [0.29, 0.717) is 6.42 Å². The zero-order chi connectivity index (χ0) is 14.0. The van der Waals surface area contributed by atoms with Crippen LogP contribution in [0.5, 0.6) is 0 Å². The van der Waals surface area contributed by atoms with Crippen LogP contribution in [0, 0.1) is 6.92 Å². The highest BCUT2D eigenvalue weighted by Gasteiger charge is 2.48. The molecule has 1 aliphatic rings. The first-order valence-electron chi connectivity index (χ1n) is 6.99. The molecule has 0 radical (unpaired) electrons. The number of likely N-dealkylation sites (tertiary alicyclic amines) is 1. The minimum Gasteiger partial charge on any atom is -0.452 e. The maximum Gasteiger partial charge on any atom is 0.306 e. The van der Waals surface area contributed by atoms with Crippen molar-refractivity contribution in [1.29, 1.82) is 0 Å². The maximum atomic E-state index is 11.9. The van der Waals surface area contributed by atoms with E-state index in [1.165, 1.54) is 5.56 Å². The molecule has 104 valence electrons. The lowest BCUT2D eigenvalue weighted by molar-refractivity contribution is -0.163. The molecule has 0 unspecified atom stereocenters. The quantitative estimate of drug-likeness (QED) is 0.784. The van der Waals surface area contributed by atoms with Crippen LogP contribution in [0.2, 0.25) is 0 Å². The summed E-state index contributed by atoms with van der Waals surface area (Å²) in [6, 6.07) is 8.42. The van der Waals surface area contributed by atoms with E-state index in [1.807, 2.05) is 19.1 Å². The number of benzene rings is 1. The summed E-state index contributed by atoms with van der Waals surface area (Å²) in [6.07, 6.45) is 1.28. The van der Waals surface area contributed by atoms with E-state index in [4.69, 9.17) is 4.74 Å². The van der Waals surface area contributed by atoms with E-state index < -0.39 is 5.60 Å². The first-order chi connectivity index (χ1) is 9.01. The Kier molecular flexibility index (Phi) is 3.95. The predicted octanol–water partition coefficient (Wildman–Crippen LogP) is 2.87. The van der Waals surface area contributed by atoms with Crippen LogP contribution >= 0.6 is 0 Å². The standard InChI is InChI=1S/C16H23NO2/c1-5-15(18)19-16(10-11-17(4)13(16)3)14-9-7-6-8-12(14)2/h6-9,13H,5,10-11H2,1-4H3/t13-,16+/m1/s1. The lowest BCUT2D eigenvalue weighted by Crippen LogP contribution is -2.43. The minimum atomic E-state index is -0.493. The Morgan fingerprint density at radius 2 is 2.16 bits per heavy atom. The van der Waals surface area contributed by atoms with Crippen molar-refractivity contribution in [2.45, 2.75) is 45.3 Å². The van der Waals surface area contributed by atoms with Crippen molar-refractivity contribution in [2.24, 2.45) is 0 Å². The topological polar surface area (TPSA) is 29.5 Å². The smallest absolute Gasteiger partial charge is 0.306 e. The highest BCUT2D eigenvalue weighted by Crippen LogP contribution is 2.42. The molecule has 1 fully saturated rings. The van der Waals surface area contributed by atoms with E-state index in [0.717, 1.165) is 18.5 Å². The Morgan fingerprint density at radius 1 is 1.47 bits per heavy atom. The normalized spacial score (nSPS) is 27.5. The molecule has 1 aromatic carbocycles. The molecule has 1 heterocycles. The van der Waals surface area contributed by atoms with Crippen molar-refractivity contribution < 1.29 is 9.53 Å². The van der Waals surface area contributed by atoms with E-state index in [2.05, 4.69) is 37.9 Å². The van der Waals surface area contributed by atoms with E-state index in [1.54, 1.807) is 0 Å². The van der Waals surface area contributed by atoms with Gasteiger partial charge in [0, 0.05) is 24.9 Å². The summed E-state index contributed by atoms with van der Waals surface area (Å²) in [5.41, 5.74) is 1.84. The molecule has 0 aromatic heterocycles. The molecule has 0 N–H and O–H groups in total. The number of carbonyl (C=O) groups excluding carboxylic acids is 1. The van der Waals surface area contributed by atoms with Crippen LogP contribution in [-0.4, -0.2) is 30.5 Å². The molecular formula is C16H23NO2. The van der Waals surface area contributed by atoms with Gasteiger partial charge in [-0.15, -0.1) is 0 Å². The van der Waals surface area contributed by atoms with Crippen LogP contribution in [-0.2, 0) is 15.1 Å². The second-order valence-corrected chi connectivity index (χ2v) is 5.44. The largest absolute Gasteiger partial charge is 0.452 e. The second kappa shape index (κ2) is 5.33. The molecular weight excluding hydrogens is 238 g/mol. The Bertz CT molecular complexity index is 472. The fourth-order valence-corrected chi connectivity index (χ4v) is 2.97. The third kappa shape index (κ3) is 2.39. The molecule has 0 aliphatic carbocycles. The fourth-order valence-electron chi connectivity index (χ4n) is 2.97. The van der Waals surface area contributed by atoms with Crippen molar-refractivity contribution in [3.05, 3.63) is 35.4 Å². The molecule has 0 spiro atoms.